The molecule has 6 heteroatoms. The summed E-state index contributed by atoms with van der Waals surface area (Å²) in [5, 5.41) is 7.26. The third-order valence-corrected chi connectivity index (χ3v) is 2.59. The smallest absolute Gasteiger partial charge is 0.165 e. The Balaban J connectivity index is 2.08. The molecule has 1 aromatic heterocycles. The maximum Gasteiger partial charge on any atom is 0.165 e. The summed E-state index contributed by atoms with van der Waals surface area (Å²) < 4.78 is 23.5. The van der Waals surface area contributed by atoms with Crippen LogP contribution in [0.25, 0.3) is 0 Å². The van der Waals surface area contributed by atoms with Crippen molar-refractivity contribution in [1.82, 2.24) is 10.3 Å². The van der Waals surface area contributed by atoms with Crippen molar-refractivity contribution in [2.75, 3.05) is 0 Å². The number of aryl methyl sites for hydroxylation is 1. The summed E-state index contributed by atoms with van der Waals surface area (Å²) in [5.74, 6) is -0.291. The minimum absolute atomic E-state index is 0.115. The standard InChI is InChI=1S/C12H14FN3O2/c1-7(14)9-3-4-12(10(13)5-9)17-6-11-8(2)15-18-16-11/h3-5,7H,6,14H2,1-2H3/t7-/m0/s1. The van der Waals surface area contributed by atoms with Crippen molar-refractivity contribution in [2.45, 2.75) is 26.5 Å². The number of benzene rings is 1. The fourth-order valence-electron chi connectivity index (χ4n) is 1.44. The molecule has 0 saturated carbocycles. The molecule has 1 atom stereocenters. The minimum Gasteiger partial charge on any atom is -0.484 e. The Labute approximate surface area is 104 Å². The van der Waals surface area contributed by atoms with Crippen LogP contribution in [-0.2, 0) is 6.61 Å². The van der Waals surface area contributed by atoms with Crippen LogP contribution in [0.5, 0.6) is 5.75 Å². The third-order valence-electron chi connectivity index (χ3n) is 2.59. The number of aromatic nitrogens is 2. The monoisotopic (exact) mass is 251 g/mol. The Morgan fingerprint density at radius 1 is 1.44 bits per heavy atom. The van der Waals surface area contributed by atoms with E-state index in [0.717, 1.165) is 5.56 Å². The maximum atomic E-state index is 13.7. The van der Waals surface area contributed by atoms with E-state index in [-0.39, 0.29) is 18.4 Å². The lowest BCUT2D eigenvalue weighted by Gasteiger charge is -2.09. The van der Waals surface area contributed by atoms with Gasteiger partial charge in [-0.15, -0.1) is 0 Å². The average molecular weight is 251 g/mol. The van der Waals surface area contributed by atoms with Gasteiger partial charge < -0.3 is 10.5 Å². The molecule has 0 spiro atoms. The van der Waals surface area contributed by atoms with Crippen LogP contribution < -0.4 is 10.5 Å². The molecule has 2 aromatic rings. The van der Waals surface area contributed by atoms with Crippen molar-refractivity contribution in [2.24, 2.45) is 5.73 Å². The molecule has 1 heterocycles. The topological polar surface area (TPSA) is 74.2 Å². The van der Waals surface area contributed by atoms with Gasteiger partial charge in [-0.1, -0.05) is 16.4 Å². The average Bonchev–Trinajstić information content (AvgIpc) is 2.73. The Morgan fingerprint density at radius 3 is 2.78 bits per heavy atom. The molecular weight excluding hydrogens is 237 g/mol. The molecule has 2 N–H and O–H groups in total. The molecule has 0 amide bonds. The number of ether oxygens (including phenoxy) is 1. The zero-order valence-corrected chi connectivity index (χ0v) is 10.2. The second-order valence-corrected chi connectivity index (χ2v) is 4.06. The fraction of sp³-hybridized carbons (Fsp3) is 0.333. The van der Waals surface area contributed by atoms with Crippen molar-refractivity contribution in [3.8, 4) is 5.75 Å². The van der Waals surface area contributed by atoms with Crippen molar-refractivity contribution in [3.63, 3.8) is 0 Å². The lowest BCUT2D eigenvalue weighted by molar-refractivity contribution is 0.262. The van der Waals surface area contributed by atoms with Gasteiger partial charge in [0.05, 0.1) is 0 Å². The lowest BCUT2D eigenvalue weighted by atomic mass is 10.1. The molecular formula is C12H14FN3O2. The SMILES string of the molecule is Cc1nonc1COc1ccc([C@H](C)N)cc1F. The first kappa shape index (κ1) is 12.5. The highest BCUT2D eigenvalue weighted by molar-refractivity contribution is 5.30. The van der Waals surface area contributed by atoms with Gasteiger partial charge in [0.1, 0.15) is 18.0 Å². The fourth-order valence-corrected chi connectivity index (χ4v) is 1.44. The highest BCUT2D eigenvalue weighted by atomic mass is 19.1. The molecule has 96 valence electrons. The van der Waals surface area contributed by atoms with Crippen LogP contribution in [0.15, 0.2) is 22.8 Å². The van der Waals surface area contributed by atoms with E-state index in [0.29, 0.717) is 11.4 Å². The second kappa shape index (κ2) is 5.14. The van der Waals surface area contributed by atoms with E-state index in [2.05, 4.69) is 14.9 Å². The molecule has 18 heavy (non-hydrogen) atoms. The molecule has 0 aliphatic rings. The van der Waals surface area contributed by atoms with Crippen LogP contribution >= 0.6 is 0 Å². The van der Waals surface area contributed by atoms with Crippen molar-refractivity contribution < 1.29 is 13.8 Å². The predicted octanol–water partition coefficient (Wildman–Crippen LogP) is 2.12. The van der Waals surface area contributed by atoms with Gasteiger partial charge in [-0.3, -0.25) is 0 Å². The summed E-state index contributed by atoms with van der Waals surface area (Å²) >= 11 is 0. The molecule has 0 radical (unpaired) electrons. The Bertz CT molecular complexity index is 540. The Morgan fingerprint density at radius 2 is 2.22 bits per heavy atom. The van der Waals surface area contributed by atoms with E-state index < -0.39 is 5.82 Å². The summed E-state index contributed by atoms with van der Waals surface area (Å²) in [6.07, 6.45) is 0. The molecule has 2 rings (SSSR count). The highest BCUT2D eigenvalue weighted by Crippen LogP contribution is 2.22. The van der Waals surface area contributed by atoms with E-state index in [9.17, 15) is 4.39 Å². The van der Waals surface area contributed by atoms with E-state index in [1.54, 1.807) is 26.0 Å². The largest absolute Gasteiger partial charge is 0.484 e. The van der Waals surface area contributed by atoms with Crippen molar-refractivity contribution >= 4 is 0 Å². The second-order valence-electron chi connectivity index (χ2n) is 4.06. The van der Waals surface area contributed by atoms with Crippen LogP contribution in [0.1, 0.15) is 29.9 Å². The highest BCUT2D eigenvalue weighted by Gasteiger charge is 2.10. The maximum absolute atomic E-state index is 13.7. The molecule has 0 aliphatic carbocycles. The van der Waals surface area contributed by atoms with E-state index in [1.165, 1.54) is 6.07 Å². The molecule has 0 unspecified atom stereocenters. The van der Waals surface area contributed by atoms with Gasteiger partial charge in [0, 0.05) is 6.04 Å². The quantitative estimate of drug-likeness (QED) is 0.900. The zero-order valence-electron chi connectivity index (χ0n) is 10.2. The molecule has 5 nitrogen and oxygen atoms in total. The van der Waals surface area contributed by atoms with Crippen molar-refractivity contribution in [1.29, 1.82) is 0 Å². The molecule has 0 fully saturated rings. The number of nitrogens with two attached hydrogens (primary N) is 1. The predicted molar refractivity (Wildman–Crippen MR) is 62.4 cm³/mol. The van der Waals surface area contributed by atoms with Gasteiger partial charge in [0.15, 0.2) is 11.6 Å². The van der Waals surface area contributed by atoms with Gasteiger partial charge in [-0.05, 0) is 31.5 Å². The molecule has 0 aliphatic heterocycles. The normalized spacial score (nSPS) is 12.4. The third kappa shape index (κ3) is 2.65. The first-order chi connectivity index (χ1) is 8.58. The van der Waals surface area contributed by atoms with Gasteiger partial charge in [0.25, 0.3) is 0 Å². The Hall–Kier alpha value is -1.95. The number of nitrogens with zero attached hydrogens (tertiary/aromatic N) is 2. The van der Waals surface area contributed by atoms with E-state index in [4.69, 9.17) is 10.5 Å². The molecule has 1 aromatic carbocycles. The van der Waals surface area contributed by atoms with E-state index in [1.807, 2.05) is 0 Å². The summed E-state index contributed by atoms with van der Waals surface area (Å²) in [7, 11) is 0. The van der Waals surface area contributed by atoms with Gasteiger partial charge in [-0.2, -0.15) is 0 Å². The molecule has 0 bridgehead atoms. The first-order valence-corrected chi connectivity index (χ1v) is 5.54. The number of halogens is 1. The number of hydrogen-bond acceptors (Lipinski definition) is 5. The minimum atomic E-state index is -0.445. The van der Waals surface area contributed by atoms with Gasteiger partial charge >= 0.3 is 0 Å². The van der Waals surface area contributed by atoms with Gasteiger partial charge in [-0.25, -0.2) is 9.02 Å². The van der Waals surface area contributed by atoms with Crippen LogP contribution in [0.4, 0.5) is 4.39 Å². The summed E-state index contributed by atoms with van der Waals surface area (Å²) in [6, 6.07) is 4.44. The van der Waals surface area contributed by atoms with Gasteiger partial charge in [0.2, 0.25) is 0 Å². The first-order valence-electron chi connectivity index (χ1n) is 5.54. The lowest BCUT2D eigenvalue weighted by Crippen LogP contribution is -2.06. The van der Waals surface area contributed by atoms with Crippen LogP contribution in [0, 0.1) is 12.7 Å². The zero-order chi connectivity index (χ0) is 13.1. The molecule has 0 saturated heterocycles. The summed E-state index contributed by atoms with van der Waals surface area (Å²) in [6.45, 7) is 3.65. The van der Waals surface area contributed by atoms with E-state index >= 15 is 0 Å². The summed E-state index contributed by atoms with van der Waals surface area (Å²) in [4.78, 5) is 0. The van der Waals surface area contributed by atoms with Crippen LogP contribution in [-0.4, -0.2) is 10.3 Å². The summed E-state index contributed by atoms with van der Waals surface area (Å²) in [5.41, 5.74) is 7.56. The number of rotatable bonds is 4. The number of hydrogen-bond donors (Lipinski definition) is 1. The van der Waals surface area contributed by atoms with Crippen molar-refractivity contribution in [3.05, 3.63) is 41.0 Å². The van der Waals surface area contributed by atoms with Crippen LogP contribution in [0.3, 0.4) is 0 Å². The Kier molecular flexibility index (Phi) is 3.57. The van der Waals surface area contributed by atoms with Crippen LogP contribution in [0.2, 0.25) is 0 Å².